The second kappa shape index (κ2) is 8.53. The Hall–Kier alpha value is -4.16. The van der Waals surface area contributed by atoms with E-state index in [0.29, 0.717) is 11.6 Å². The molecule has 10 heteroatoms. The first-order valence-corrected chi connectivity index (χ1v) is 9.42. The lowest BCUT2D eigenvalue weighted by molar-refractivity contribution is 0.102. The number of rotatable bonds is 4. The lowest BCUT2D eigenvalue weighted by Gasteiger charge is -2.06. The van der Waals surface area contributed by atoms with Crippen LogP contribution < -0.4 is 5.32 Å². The average Bonchev–Trinajstić information content (AvgIpc) is 3.18. The van der Waals surface area contributed by atoms with Gasteiger partial charge in [-0.15, -0.1) is 0 Å². The Bertz CT molecular complexity index is 1360. The van der Waals surface area contributed by atoms with E-state index in [4.69, 9.17) is 11.6 Å². The summed E-state index contributed by atoms with van der Waals surface area (Å²) in [7, 11) is 0. The Morgan fingerprint density at radius 2 is 1.91 bits per heavy atom. The summed E-state index contributed by atoms with van der Waals surface area (Å²) in [5.74, 6) is -3.05. The number of aromatic amines is 1. The first-order valence-electron chi connectivity index (χ1n) is 9.04. The third kappa shape index (κ3) is 4.04. The van der Waals surface area contributed by atoms with Gasteiger partial charge in [-0.1, -0.05) is 17.7 Å². The van der Waals surface area contributed by atoms with Gasteiger partial charge in [0.05, 0.1) is 21.8 Å². The SMILES string of the molecule is N#Cc1nc(-c2c(F)cccc2Cl)[nH]c1-c1ccc(NC(=O)c2ccc(F)cc2F)nc1. The van der Waals surface area contributed by atoms with E-state index < -0.39 is 23.4 Å². The molecule has 0 fully saturated rings. The molecular weight excluding hydrogens is 443 g/mol. The highest BCUT2D eigenvalue weighted by atomic mass is 35.5. The predicted molar refractivity (Wildman–Crippen MR) is 111 cm³/mol. The van der Waals surface area contributed by atoms with E-state index in [1.165, 1.54) is 36.5 Å². The molecule has 4 aromatic rings. The van der Waals surface area contributed by atoms with Gasteiger partial charge in [0.2, 0.25) is 0 Å². The van der Waals surface area contributed by atoms with Crippen molar-refractivity contribution in [1.29, 1.82) is 5.26 Å². The number of aromatic nitrogens is 3. The average molecular weight is 454 g/mol. The number of carbonyl (C=O) groups is 1. The number of imidazole rings is 1. The number of H-pyrrole nitrogens is 1. The van der Waals surface area contributed by atoms with Crippen LogP contribution in [0.5, 0.6) is 0 Å². The van der Waals surface area contributed by atoms with Crippen molar-refractivity contribution >= 4 is 23.3 Å². The standard InChI is InChI=1S/C22H11ClF3N5O/c23-14-2-1-3-15(25)19(14)21-29-17(9-27)20(31-21)11-4-7-18(28-10-11)30-22(32)13-6-5-12(24)8-16(13)26/h1-8,10H,(H,29,31)(H,28,30,32). The van der Waals surface area contributed by atoms with E-state index in [-0.39, 0.29) is 39.2 Å². The van der Waals surface area contributed by atoms with Crippen LogP contribution in [0.4, 0.5) is 19.0 Å². The quantitative estimate of drug-likeness (QED) is 0.436. The lowest BCUT2D eigenvalue weighted by Crippen LogP contribution is -2.14. The fraction of sp³-hybridized carbons (Fsp3) is 0. The van der Waals surface area contributed by atoms with Gasteiger partial charge in [-0.05, 0) is 36.4 Å². The summed E-state index contributed by atoms with van der Waals surface area (Å²) in [5.41, 5.74) is 0.376. The third-order valence-corrected chi connectivity index (χ3v) is 4.79. The van der Waals surface area contributed by atoms with Crippen molar-refractivity contribution in [3.63, 3.8) is 0 Å². The Kier molecular flexibility index (Phi) is 5.62. The summed E-state index contributed by atoms with van der Waals surface area (Å²) in [6.45, 7) is 0. The van der Waals surface area contributed by atoms with Crippen molar-refractivity contribution in [2.24, 2.45) is 0 Å². The number of hydrogen-bond donors (Lipinski definition) is 2. The molecule has 2 aromatic carbocycles. The topological polar surface area (TPSA) is 94.5 Å². The van der Waals surface area contributed by atoms with Gasteiger partial charge in [0.1, 0.15) is 35.2 Å². The van der Waals surface area contributed by atoms with E-state index in [1.807, 2.05) is 6.07 Å². The second-order valence-corrected chi connectivity index (χ2v) is 6.94. The Balaban J connectivity index is 1.61. The van der Waals surface area contributed by atoms with E-state index in [9.17, 15) is 23.2 Å². The molecule has 0 aliphatic carbocycles. The smallest absolute Gasteiger partial charge is 0.259 e. The van der Waals surface area contributed by atoms with Crippen LogP contribution in [0.15, 0.2) is 54.7 Å². The summed E-state index contributed by atoms with van der Waals surface area (Å²) >= 11 is 6.07. The van der Waals surface area contributed by atoms with Crippen LogP contribution in [0.3, 0.4) is 0 Å². The first kappa shape index (κ1) is 21.1. The van der Waals surface area contributed by atoms with Crippen LogP contribution in [-0.2, 0) is 0 Å². The minimum absolute atomic E-state index is 0.00807. The minimum atomic E-state index is -1.01. The number of amides is 1. The lowest BCUT2D eigenvalue weighted by atomic mass is 10.1. The van der Waals surface area contributed by atoms with Crippen molar-refractivity contribution in [3.05, 3.63) is 88.5 Å². The van der Waals surface area contributed by atoms with Gasteiger partial charge in [0, 0.05) is 17.8 Å². The van der Waals surface area contributed by atoms with E-state index in [1.54, 1.807) is 0 Å². The van der Waals surface area contributed by atoms with E-state index in [2.05, 4.69) is 20.3 Å². The maximum absolute atomic E-state index is 14.2. The van der Waals surface area contributed by atoms with Crippen LogP contribution in [-0.4, -0.2) is 20.9 Å². The predicted octanol–water partition coefficient (Wildman–Crippen LogP) is 5.33. The van der Waals surface area contributed by atoms with Gasteiger partial charge in [0.25, 0.3) is 5.91 Å². The molecule has 0 saturated heterocycles. The van der Waals surface area contributed by atoms with Crippen molar-refractivity contribution in [3.8, 4) is 28.7 Å². The summed E-state index contributed by atoms with van der Waals surface area (Å²) < 4.78 is 41.0. The molecule has 0 unspecified atom stereocenters. The molecule has 0 bridgehead atoms. The van der Waals surface area contributed by atoms with Gasteiger partial charge in [-0.2, -0.15) is 5.26 Å². The Morgan fingerprint density at radius 3 is 2.56 bits per heavy atom. The van der Waals surface area contributed by atoms with Gasteiger partial charge < -0.3 is 10.3 Å². The zero-order valence-corrected chi connectivity index (χ0v) is 16.7. The number of hydrogen-bond acceptors (Lipinski definition) is 4. The highest BCUT2D eigenvalue weighted by Crippen LogP contribution is 2.32. The Morgan fingerprint density at radius 1 is 1.09 bits per heavy atom. The molecule has 0 radical (unpaired) electrons. The third-order valence-electron chi connectivity index (χ3n) is 4.48. The maximum atomic E-state index is 14.2. The van der Waals surface area contributed by atoms with Crippen molar-refractivity contribution in [2.75, 3.05) is 5.32 Å². The van der Waals surface area contributed by atoms with Crippen molar-refractivity contribution in [1.82, 2.24) is 15.0 Å². The van der Waals surface area contributed by atoms with Crippen LogP contribution in [0.1, 0.15) is 16.1 Å². The molecule has 0 atom stereocenters. The molecule has 2 N–H and O–H groups in total. The van der Waals surface area contributed by atoms with Crippen LogP contribution in [0, 0.1) is 28.8 Å². The number of pyridine rings is 1. The number of nitrogens with zero attached hydrogens (tertiary/aromatic N) is 3. The zero-order chi connectivity index (χ0) is 22.8. The molecule has 2 heterocycles. The van der Waals surface area contributed by atoms with Crippen molar-refractivity contribution in [2.45, 2.75) is 0 Å². The van der Waals surface area contributed by atoms with Crippen molar-refractivity contribution < 1.29 is 18.0 Å². The fourth-order valence-corrected chi connectivity index (χ4v) is 3.23. The van der Waals surface area contributed by atoms with Gasteiger partial charge >= 0.3 is 0 Å². The van der Waals surface area contributed by atoms with Gasteiger partial charge in [-0.3, -0.25) is 4.79 Å². The molecule has 0 saturated carbocycles. The van der Waals surface area contributed by atoms with Gasteiger partial charge in [0.15, 0.2) is 5.69 Å². The molecule has 0 aliphatic rings. The van der Waals surface area contributed by atoms with Crippen LogP contribution in [0.25, 0.3) is 22.6 Å². The molecule has 32 heavy (non-hydrogen) atoms. The summed E-state index contributed by atoms with van der Waals surface area (Å²) in [6, 6.07) is 11.6. The number of anilines is 1. The summed E-state index contributed by atoms with van der Waals surface area (Å²) in [4.78, 5) is 23.3. The molecule has 2 aromatic heterocycles. The molecule has 1 amide bonds. The number of nitrogens with one attached hydrogen (secondary N) is 2. The highest BCUT2D eigenvalue weighted by Gasteiger charge is 2.19. The number of benzene rings is 2. The zero-order valence-electron chi connectivity index (χ0n) is 16.0. The first-order chi connectivity index (χ1) is 15.4. The highest BCUT2D eigenvalue weighted by molar-refractivity contribution is 6.33. The van der Waals surface area contributed by atoms with Gasteiger partial charge in [-0.25, -0.2) is 23.1 Å². The molecule has 0 spiro atoms. The molecule has 6 nitrogen and oxygen atoms in total. The number of halogens is 4. The molecule has 4 rings (SSSR count). The summed E-state index contributed by atoms with van der Waals surface area (Å²) in [6.07, 6.45) is 1.34. The molecule has 0 aliphatic heterocycles. The van der Waals surface area contributed by atoms with Crippen LogP contribution in [0.2, 0.25) is 5.02 Å². The fourth-order valence-electron chi connectivity index (χ4n) is 2.98. The van der Waals surface area contributed by atoms with E-state index >= 15 is 0 Å². The number of carbonyl (C=O) groups excluding carboxylic acids is 1. The molecular formula is C22H11ClF3N5O. The number of nitriles is 1. The minimum Gasteiger partial charge on any atom is -0.337 e. The summed E-state index contributed by atoms with van der Waals surface area (Å²) in [5, 5.41) is 12.0. The van der Waals surface area contributed by atoms with E-state index in [0.717, 1.165) is 12.1 Å². The normalized spacial score (nSPS) is 10.6. The molecule has 158 valence electrons. The monoisotopic (exact) mass is 453 g/mol. The maximum Gasteiger partial charge on any atom is 0.259 e. The van der Waals surface area contributed by atoms with Crippen LogP contribution >= 0.6 is 11.6 Å². The second-order valence-electron chi connectivity index (χ2n) is 6.53. The largest absolute Gasteiger partial charge is 0.337 e. The Labute approximate surface area is 184 Å².